The molecule has 0 atom stereocenters. The SMILES string of the molecule is CC1CCC(CN)(NC(=O)CC2CCCCC2)CC1. The lowest BCUT2D eigenvalue weighted by atomic mass is 9.77. The van der Waals surface area contributed by atoms with Gasteiger partial charge >= 0.3 is 0 Å². The molecule has 3 nitrogen and oxygen atoms in total. The van der Waals surface area contributed by atoms with Gasteiger partial charge in [-0.1, -0.05) is 26.2 Å². The standard InChI is InChI=1S/C16H30N2O/c1-13-7-9-16(12-17,10-8-13)18-15(19)11-14-5-3-2-4-6-14/h13-14H,2-12,17H2,1H3,(H,18,19). The molecule has 0 aromatic carbocycles. The number of hydrogen-bond acceptors (Lipinski definition) is 2. The zero-order valence-corrected chi connectivity index (χ0v) is 12.4. The van der Waals surface area contributed by atoms with Gasteiger partial charge in [0.2, 0.25) is 5.91 Å². The van der Waals surface area contributed by atoms with Gasteiger partial charge in [0.15, 0.2) is 0 Å². The summed E-state index contributed by atoms with van der Waals surface area (Å²) in [6.07, 6.45) is 11.7. The third kappa shape index (κ3) is 4.20. The van der Waals surface area contributed by atoms with E-state index in [1.807, 2.05) is 0 Å². The average molecular weight is 266 g/mol. The first-order valence-electron chi connectivity index (χ1n) is 8.15. The fourth-order valence-electron chi connectivity index (χ4n) is 3.70. The monoisotopic (exact) mass is 266 g/mol. The number of carbonyl (C=O) groups excluding carboxylic acids is 1. The van der Waals surface area contributed by atoms with E-state index < -0.39 is 0 Å². The van der Waals surface area contributed by atoms with Crippen molar-refractivity contribution in [3.63, 3.8) is 0 Å². The summed E-state index contributed by atoms with van der Waals surface area (Å²) in [6.45, 7) is 2.89. The summed E-state index contributed by atoms with van der Waals surface area (Å²) in [5, 5.41) is 3.29. The second-order valence-electron chi connectivity index (χ2n) is 6.92. The van der Waals surface area contributed by atoms with Crippen molar-refractivity contribution in [2.45, 2.75) is 76.7 Å². The summed E-state index contributed by atoms with van der Waals surface area (Å²) in [5.41, 5.74) is 5.85. The van der Waals surface area contributed by atoms with Crippen LogP contribution in [0.5, 0.6) is 0 Å². The fraction of sp³-hybridized carbons (Fsp3) is 0.938. The van der Waals surface area contributed by atoms with E-state index in [-0.39, 0.29) is 11.4 Å². The molecule has 2 saturated carbocycles. The van der Waals surface area contributed by atoms with Crippen molar-refractivity contribution in [3.05, 3.63) is 0 Å². The third-order valence-electron chi connectivity index (χ3n) is 5.23. The van der Waals surface area contributed by atoms with Crippen LogP contribution < -0.4 is 11.1 Å². The highest BCUT2D eigenvalue weighted by atomic mass is 16.1. The van der Waals surface area contributed by atoms with Crippen LogP contribution in [-0.2, 0) is 4.79 Å². The minimum absolute atomic E-state index is 0.0989. The van der Waals surface area contributed by atoms with Crippen molar-refractivity contribution in [1.29, 1.82) is 0 Å². The lowest BCUT2D eigenvalue weighted by Crippen LogP contribution is -2.55. The smallest absolute Gasteiger partial charge is 0.220 e. The molecule has 2 rings (SSSR count). The van der Waals surface area contributed by atoms with E-state index in [0.717, 1.165) is 25.2 Å². The Morgan fingerprint density at radius 2 is 1.79 bits per heavy atom. The highest BCUT2D eigenvalue weighted by molar-refractivity contribution is 5.77. The van der Waals surface area contributed by atoms with E-state index in [4.69, 9.17) is 5.73 Å². The minimum Gasteiger partial charge on any atom is -0.349 e. The zero-order chi connectivity index (χ0) is 13.7. The molecule has 0 unspecified atom stereocenters. The number of hydrogen-bond donors (Lipinski definition) is 2. The molecule has 3 heteroatoms. The van der Waals surface area contributed by atoms with Gasteiger partial charge in [0, 0.05) is 13.0 Å². The molecule has 0 saturated heterocycles. The van der Waals surface area contributed by atoms with Crippen LogP contribution >= 0.6 is 0 Å². The van der Waals surface area contributed by atoms with Gasteiger partial charge in [-0.15, -0.1) is 0 Å². The molecule has 0 bridgehead atoms. The highest BCUT2D eigenvalue weighted by Gasteiger charge is 2.34. The van der Waals surface area contributed by atoms with E-state index in [2.05, 4.69) is 12.2 Å². The molecule has 2 aliphatic carbocycles. The van der Waals surface area contributed by atoms with E-state index in [0.29, 0.717) is 12.5 Å². The molecule has 0 radical (unpaired) electrons. The number of carbonyl (C=O) groups is 1. The molecular formula is C16H30N2O. The lowest BCUT2D eigenvalue weighted by molar-refractivity contribution is -0.124. The van der Waals surface area contributed by atoms with Crippen molar-refractivity contribution < 1.29 is 4.79 Å². The quantitative estimate of drug-likeness (QED) is 0.822. The van der Waals surface area contributed by atoms with Crippen molar-refractivity contribution >= 4 is 5.91 Å². The Bertz CT molecular complexity index is 289. The lowest BCUT2D eigenvalue weighted by Gasteiger charge is -2.39. The zero-order valence-electron chi connectivity index (χ0n) is 12.4. The molecule has 0 heterocycles. The van der Waals surface area contributed by atoms with Gasteiger partial charge in [0.05, 0.1) is 5.54 Å². The van der Waals surface area contributed by atoms with Crippen LogP contribution in [0, 0.1) is 11.8 Å². The largest absolute Gasteiger partial charge is 0.349 e. The number of rotatable bonds is 4. The van der Waals surface area contributed by atoms with E-state index in [9.17, 15) is 4.79 Å². The predicted octanol–water partition coefficient (Wildman–Crippen LogP) is 2.98. The first-order valence-corrected chi connectivity index (χ1v) is 8.15. The van der Waals surface area contributed by atoms with Crippen molar-refractivity contribution in [1.82, 2.24) is 5.32 Å². The summed E-state index contributed by atoms with van der Waals surface area (Å²) in [5.74, 6) is 1.65. The molecule has 110 valence electrons. The summed E-state index contributed by atoms with van der Waals surface area (Å²) in [6, 6.07) is 0. The Morgan fingerprint density at radius 3 is 2.37 bits per heavy atom. The summed E-state index contributed by atoms with van der Waals surface area (Å²) >= 11 is 0. The fourth-order valence-corrected chi connectivity index (χ4v) is 3.70. The summed E-state index contributed by atoms with van der Waals surface area (Å²) < 4.78 is 0. The second-order valence-corrected chi connectivity index (χ2v) is 6.92. The molecule has 19 heavy (non-hydrogen) atoms. The first-order chi connectivity index (χ1) is 9.13. The van der Waals surface area contributed by atoms with Gasteiger partial charge in [-0.2, -0.15) is 0 Å². The molecule has 0 aromatic heterocycles. The Kier molecular flexibility index (Phi) is 5.26. The molecule has 0 aliphatic heterocycles. The molecule has 0 aromatic rings. The molecule has 3 N–H and O–H groups in total. The molecule has 1 amide bonds. The van der Waals surface area contributed by atoms with Crippen LogP contribution in [0.4, 0.5) is 0 Å². The number of nitrogens with two attached hydrogens (primary N) is 1. The molecule has 0 spiro atoms. The molecule has 2 aliphatic rings. The van der Waals surface area contributed by atoms with Crippen LogP contribution in [0.25, 0.3) is 0 Å². The maximum atomic E-state index is 12.3. The van der Waals surface area contributed by atoms with Crippen LogP contribution in [0.2, 0.25) is 0 Å². The Balaban J connectivity index is 1.82. The Hall–Kier alpha value is -0.570. The number of nitrogens with one attached hydrogen (secondary N) is 1. The van der Waals surface area contributed by atoms with Crippen LogP contribution in [-0.4, -0.2) is 18.0 Å². The highest BCUT2D eigenvalue weighted by Crippen LogP contribution is 2.32. The maximum absolute atomic E-state index is 12.3. The minimum atomic E-state index is -0.0989. The van der Waals surface area contributed by atoms with Crippen LogP contribution in [0.3, 0.4) is 0 Å². The van der Waals surface area contributed by atoms with Crippen molar-refractivity contribution in [3.8, 4) is 0 Å². The van der Waals surface area contributed by atoms with Crippen molar-refractivity contribution in [2.24, 2.45) is 17.6 Å². The van der Waals surface area contributed by atoms with Crippen molar-refractivity contribution in [2.75, 3.05) is 6.54 Å². The van der Waals surface area contributed by atoms with E-state index >= 15 is 0 Å². The molecular weight excluding hydrogens is 236 g/mol. The maximum Gasteiger partial charge on any atom is 0.220 e. The third-order valence-corrected chi connectivity index (χ3v) is 5.23. The summed E-state index contributed by atoms with van der Waals surface area (Å²) in [4.78, 5) is 12.3. The van der Waals surface area contributed by atoms with Gasteiger partial charge < -0.3 is 11.1 Å². The van der Waals surface area contributed by atoms with Crippen LogP contribution in [0.15, 0.2) is 0 Å². The topological polar surface area (TPSA) is 55.1 Å². The normalized spacial score (nSPS) is 33.1. The first kappa shape index (κ1) is 14.8. The Morgan fingerprint density at radius 1 is 1.16 bits per heavy atom. The Labute approximate surface area is 117 Å². The van der Waals surface area contributed by atoms with Gasteiger partial charge in [-0.05, 0) is 50.4 Å². The van der Waals surface area contributed by atoms with Gasteiger partial charge in [0.1, 0.15) is 0 Å². The van der Waals surface area contributed by atoms with Gasteiger partial charge in [-0.25, -0.2) is 0 Å². The number of amides is 1. The van der Waals surface area contributed by atoms with Crippen LogP contribution in [0.1, 0.15) is 71.1 Å². The van der Waals surface area contributed by atoms with E-state index in [1.165, 1.54) is 44.9 Å². The van der Waals surface area contributed by atoms with E-state index in [1.54, 1.807) is 0 Å². The average Bonchev–Trinajstić information content (AvgIpc) is 2.43. The molecule has 2 fully saturated rings. The van der Waals surface area contributed by atoms with Gasteiger partial charge in [0.25, 0.3) is 0 Å². The second kappa shape index (κ2) is 6.74. The van der Waals surface area contributed by atoms with Gasteiger partial charge in [-0.3, -0.25) is 4.79 Å². The predicted molar refractivity (Wildman–Crippen MR) is 78.8 cm³/mol. The summed E-state index contributed by atoms with van der Waals surface area (Å²) in [7, 11) is 0.